The number of nitrogens with one attached hydrogen (secondary N) is 1. The maximum atomic E-state index is 12.6. The molecule has 1 atom stereocenters. The third-order valence-corrected chi connectivity index (χ3v) is 4.05. The van der Waals surface area contributed by atoms with Crippen molar-refractivity contribution in [3.05, 3.63) is 47.3 Å². The lowest BCUT2D eigenvalue weighted by Gasteiger charge is -2.21. The van der Waals surface area contributed by atoms with E-state index >= 15 is 0 Å². The molecule has 1 unspecified atom stereocenters. The van der Waals surface area contributed by atoms with Crippen LogP contribution in [0.15, 0.2) is 30.5 Å². The number of carboxylic acids is 1. The molecule has 0 radical (unpaired) electrons. The van der Waals surface area contributed by atoms with Gasteiger partial charge in [-0.15, -0.1) is 0 Å². The predicted octanol–water partition coefficient (Wildman–Crippen LogP) is 2.88. The Bertz CT molecular complexity index is 821. The van der Waals surface area contributed by atoms with Gasteiger partial charge in [0.05, 0.1) is 28.7 Å². The summed E-state index contributed by atoms with van der Waals surface area (Å²) >= 11 is 0. The van der Waals surface area contributed by atoms with E-state index in [4.69, 9.17) is 4.74 Å². The van der Waals surface area contributed by atoms with E-state index in [2.05, 4.69) is 10.4 Å². The molecular weight excluding hydrogens is 346 g/mol. The average Bonchev–Trinajstić information content (AvgIpc) is 2.94. The summed E-state index contributed by atoms with van der Waals surface area (Å²) in [6.07, 6.45) is 1.64. The molecule has 0 saturated heterocycles. The van der Waals surface area contributed by atoms with Crippen LogP contribution in [0.3, 0.4) is 0 Å². The lowest BCUT2D eigenvalue weighted by atomic mass is 10.1. The topological polar surface area (TPSA) is 93.5 Å². The molecule has 1 heterocycles. The minimum atomic E-state index is -1.09. The molecular formula is C20H27N3O4. The van der Waals surface area contributed by atoms with Crippen LogP contribution in [0.5, 0.6) is 0 Å². The van der Waals surface area contributed by atoms with Crippen molar-refractivity contribution in [3.8, 4) is 5.69 Å². The zero-order valence-corrected chi connectivity index (χ0v) is 16.4. The van der Waals surface area contributed by atoms with Crippen molar-refractivity contribution in [2.45, 2.75) is 52.7 Å². The van der Waals surface area contributed by atoms with Crippen molar-refractivity contribution in [2.24, 2.45) is 0 Å². The molecule has 27 heavy (non-hydrogen) atoms. The van der Waals surface area contributed by atoms with E-state index in [1.54, 1.807) is 11.6 Å². The van der Waals surface area contributed by atoms with E-state index in [1.807, 2.05) is 52.0 Å². The first kappa shape index (κ1) is 20.6. The van der Waals surface area contributed by atoms with Crippen LogP contribution < -0.4 is 5.32 Å². The number of nitrogens with zero attached hydrogens (tertiary/aromatic N) is 2. The van der Waals surface area contributed by atoms with Gasteiger partial charge >= 0.3 is 5.97 Å². The zero-order valence-electron chi connectivity index (χ0n) is 16.4. The van der Waals surface area contributed by atoms with Crippen molar-refractivity contribution in [2.75, 3.05) is 6.61 Å². The van der Waals surface area contributed by atoms with Crippen LogP contribution in [0.25, 0.3) is 5.69 Å². The monoisotopic (exact) mass is 373 g/mol. The molecule has 1 aromatic carbocycles. The van der Waals surface area contributed by atoms with Gasteiger partial charge < -0.3 is 15.2 Å². The molecule has 2 aromatic rings. The number of aryl methyl sites for hydroxylation is 1. The van der Waals surface area contributed by atoms with Gasteiger partial charge in [-0.25, -0.2) is 9.48 Å². The summed E-state index contributed by atoms with van der Waals surface area (Å²) in [5, 5.41) is 16.2. The highest BCUT2D eigenvalue weighted by Crippen LogP contribution is 2.16. The number of aromatic nitrogens is 2. The fourth-order valence-electron chi connectivity index (χ4n) is 2.63. The molecule has 7 nitrogen and oxygen atoms in total. The van der Waals surface area contributed by atoms with Gasteiger partial charge in [-0.05, 0) is 52.3 Å². The fraction of sp³-hybridized carbons (Fsp3) is 0.450. The van der Waals surface area contributed by atoms with Crippen molar-refractivity contribution in [1.29, 1.82) is 0 Å². The third-order valence-electron chi connectivity index (χ3n) is 4.05. The lowest BCUT2D eigenvalue weighted by Crippen LogP contribution is -2.42. The molecule has 0 aliphatic rings. The third kappa shape index (κ3) is 5.65. The largest absolute Gasteiger partial charge is 0.480 e. The maximum Gasteiger partial charge on any atom is 0.326 e. The number of carboxylic acid groups (broad SMARTS) is 1. The smallest absolute Gasteiger partial charge is 0.326 e. The normalized spacial score (nSPS) is 12.6. The fourth-order valence-corrected chi connectivity index (χ4v) is 2.63. The molecule has 0 aliphatic carbocycles. The number of benzene rings is 1. The molecule has 0 bridgehead atoms. The number of ether oxygens (including phenoxy) is 1. The van der Waals surface area contributed by atoms with Crippen molar-refractivity contribution in [3.63, 3.8) is 0 Å². The second kappa shape index (κ2) is 8.35. The Morgan fingerprint density at radius 2 is 2.00 bits per heavy atom. The van der Waals surface area contributed by atoms with Crippen molar-refractivity contribution >= 4 is 11.9 Å². The van der Waals surface area contributed by atoms with Gasteiger partial charge in [0, 0.05) is 13.0 Å². The molecule has 0 aliphatic heterocycles. The molecule has 1 aromatic heterocycles. The van der Waals surface area contributed by atoms with E-state index in [0.29, 0.717) is 11.3 Å². The number of carbonyl (C=O) groups excluding carboxylic acids is 1. The first-order valence-corrected chi connectivity index (χ1v) is 8.88. The molecule has 1 amide bonds. The summed E-state index contributed by atoms with van der Waals surface area (Å²) in [4.78, 5) is 24.1. The Morgan fingerprint density at radius 1 is 1.30 bits per heavy atom. The minimum absolute atomic E-state index is 0.184. The van der Waals surface area contributed by atoms with Crippen LogP contribution in [0, 0.1) is 13.8 Å². The number of hydrogen-bond acceptors (Lipinski definition) is 4. The Kier molecular flexibility index (Phi) is 6.38. The summed E-state index contributed by atoms with van der Waals surface area (Å²) in [6.45, 7) is 9.68. The quantitative estimate of drug-likeness (QED) is 0.778. The van der Waals surface area contributed by atoms with Crippen molar-refractivity contribution in [1.82, 2.24) is 15.1 Å². The molecule has 2 rings (SSSR count). The molecule has 146 valence electrons. The van der Waals surface area contributed by atoms with Gasteiger partial charge in [0.25, 0.3) is 5.91 Å². The number of aliphatic carboxylic acids is 1. The van der Waals surface area contributed by atoms with E-state index in [-0.39, 0.29) is 18.6 Å². The van der Waals surface area contributed by atoms with Gasteiger partial charge in [-0.2, -0.15) is 5.10 Å². The first-order chi connectivity index (χ1) is 12.6. The summed E-state index contributed by atoms with van der Waals surface area (Å²) in [7, 11) is 0. The van der Waals surface area contributed by atoms with Gasteiger partial charge in [-0.3, -0.25) is 4.79 Å². The summed E-state index contributed by atoms with van der Waals surface area (Å²) in [5.74, 6) is -1.56. The van der Waals surface area contributed by atoms with Crippen LogP contribution in [0.4, 0.5) is 0 Å². The second-order valence-electron chi connectivity index (χ2n) is 7.51. The van der Waals surface area contributed by atoms with Crippen LogP contribution in [-0.2, 0) is 9.53 Å². The van der Waals surface area contributed by atoms with E-state index in [9.17, 15) is 14.7 Å². The highest BCUT2D eigenvalue weighted by Gasteiger charge is 2.24. The van der Waals surface area contributed by atoms with Crippen molar-refractivity contribution < 1.29 is 19.4 Å². The molecule has 0 spiro atoms. The SMILES string of the molecule is Cc1cccc(-n2ncc(C(=O)NC(CCOC(C)(C)C)C(=O)O)c2C)c1. The number of amides is 1. The second-order valence-corrected chi connectivity index (χ2v) is 7.51. The first-order valence-electron chi connectivity index (χ1n) is 8.88. The zero-order chi connectivity index (χ0) is 20.2. The Morgan fingerprint density at radius 3 is 2.59 bits per heavy atom. The van der Waals surface area contributed by atoms with Crippen LogP contribution in [0.2, 0.25) is 0 Å². The van der Waals surface area contributed by atoms with Crippen LogP contribution >= 0.6 is 0 Å². The standard InChI is InChI=1S/C20H27N3O4/c1-13-7-6-8-15(11-13)23-14(2)16(12-21-23)18(24)22-17(19(25)26)9-10-27-20(3,4)5/h6-8,11-12,17H,9-10H2,1-5H3,(H,22,24)(H,25,26). The van der Waals surface area contributed by atoms with Gasteiger partial charge in [0.15, 0.2) is 0 Å². The molecule has 0 saturated carbocycles. The van der Waals surface area contributed by atoms with Gasteiger partial charge in [0.1, 0.15) is 6.04 Å². The van der Waals surface area contributed by atoms with Gasteiger partial charge in [-0.1, -0.05) is 12.1 Å². The van der Waals surface area contributed by atoms with Crippen LogP contribution in [0.1, 0.15) is 48.8 Å². The molecule has 7 heteroatoms. The average molecular weight is 373 g/mol. The van der Waals surface area contributed by atoms with E-state index < -0.39 is 17.9 Å². The number of rotatable bonds is 7. The Balaban J connectivity index is 2.11. The minimum Gasteiger partial charge on any atom is -0.480 e. The highest BCUT2D eigenvalue weighted by molar-refractivity contribution is 5.97. The summed E-state index contributed by atoms with van der Waals surface area (Å²) in [6, 6.07) is 6.74. The number of carbonyl (C=O) groups is 2. The van der Waals surface area contributed by atoms with Gasteiger partial charge in [0.2, 0.25) is 0 Å². The Hall–Kier alpha value is -2.67. The maximum absolute atomic E-state index is 12.6. The molecule has 0 fully saturated rings. The summed E-state index contributed by atoms with van der Waals surface area (Å²) in [5.41, 5.74) is 2.56. The van der Waals surface area contributed by atoms with E-state index in [1.165, 1.54) is 6.20 Å². The molecule has 2 N–H and O–H groups in total. The van der Waals surface area contributed by atoms with Crippen LogP contribution in [-0.4, -0.2) is 45.0 Å². The Labute approximate surface area is 159 Å². The number of hydrogen-bond donors (Lipinski definition) is 2. The predicted molar refractivity (Wildman–Crippen MR) is 102 cm³/mol. The summed E-state index contributed by atoms with van der Waals surface area (Å²) < 4.78 is 7.23. The highest BCUT2D eigenvalue weighted by atomic mass is 16.5. The lowest BCUT2D eigenvalue weighted by molar-refractivity contribution is -0.140. The van der Waals surface area contributed by atoms with E-state index in [0.717, 1.165) is 11.3 Å².